The summed E-state index contributed by atoms with van der Waals surface area (Å²) < 4.78 is 0. The molecule has 7 nitrogen and oxygen atoms in total. The molecule has 0 amide bonds. The predicted octanol–water partition coefficient (Wildman–Crippen LogP) is 3.75. The van der Waals surface area contributed by atoms with E-state index in [0.717, 1.165) is 18.5 Å². The van der Waals surface area contributed by atoms with Gasteiger partial charge in [-0.25, -0.2) is 9.97 Å². The number of nitrogens with zero attached hydrogens (tertiary/aromatic N) is 4. The summed E-state index contributed by atoms with van der Waals surface area (Å²) in [5.41, 5.74) is 0.769. The molecule has 0 unspecified atom stereocenters. The molecule has 7 heteroatoms. The number of nitro groups is 1. The highest BCUT2D eigenvalue weighted by molar-refractivity contribution is 5.75. The molecule has 1 aromatic heterocycles. The van der Waals surface area contributed by atoms with E-state index in [9.17, 15) is 10.1 Å². The lowest BCUT2D eigenvalue weighted by molar-refractivity contribution is -0.383. The van der Waals surface area contributed by atoms with Crippen LogP contribution in [0, 0.1) is 10.1 Å². The van der Waals surface area contributed by atoms with Gasteiger partial charge in [0.1, 0.15) is 6.33 Å². The molecule has 23 heavy (non-hydrogen) atoms. The Kier molecular flexibility index (Phi) is 5.85. The Morgan fingerprint density at radius 3 is 2.57 bits per heavy atom. The van der Waals surface area contributed by atoms with Gasteiger partial charge in [-0.15, -0.1) is 0 Å². The van der Waals surface area contributed by atoms with Crippen molar-refractivity contribution < 1.29 is 4.92 Å². The number of hydrogen-bond donors (Lipinski definition) is 1. The van der Waals surface area contributed by atoms with Crippen molar-refractivity contribution in [2.75, 3.05) is 23.3 Å². The minimum absolute atomic E-state index is 0.0886. The Balaban J connectivity index is 2.44. The second kappa shape index (κ2) is 8.07. The Morgan fingerprint density at radius 1 is 1.22 bits per heavy atom. The van der Waals surface area contributed by atoms with Gasteiger partial charge in [-0.2, -0.15) is 0 Å². The fourth-order valence-corrected chi connectivity index (χ4v) is 2.31. The maximum absolute atomic E-state index is 11.6. The largest absolute Gasteiger partial charge is 0.364 e. The summed E-state index contributed by atoms with van der Waals surface area (Å²) in [4.78, 5) is 21.2. The third-order valence-electron chi connectivity index (χ3n) is 3.45. The lowest BCUT2D eigenvalue weighted by atomic mass is 10.2. The van der Waals surface area contributed by atoms with Gasteiger partial charge in [-0.05, 0) is 25.5 Å². The number of rotatable bonds is 8. The average molecular weight is 315 g/mol. The smallest absolute Gasteiger partial charge is 0.353 e. The predicted molar refractivity (Wildman–Crippen MR) is 91.2 cm³/mol. The first-order valence-electron chi connectivity index (χ1n) is 7.74. The highest BCUT2D eigenvalue weighted by atomic mass is 16.6. The van der Waals surface area contributed by atoms with Crippen LogP contribution in [0.5, 0.6) is 0 Å². The zero-order chi connectivity index (χ0) is 16.7. The van der Waals surface area contributed by atoms with E-state index in [4.69, 9.17) is 0 Å². The molecular weight excluding hydrogens is 294 g/mol. The molecule has 0 aliphatic carbocycles. The number of anilines is 3. The van der Waals surface area contributed by atoms with Crippen LogP contribution in [0.2, 0.25) is 0 Å². The third-order valence-corrected chi connectivity index (χ3v) is 3.45. The number of unbranched alkanes of at least 4 members (excludes halogenated alkanes) is 1. The monoisotopic (exact) mass is 315 g/mol. The van der Waals surface area contributed by atoms with Crippen LogP contribution < -0.4 is 10.2 Å². The van der Waals surface area contributed by atoms with Crippen molar-refractivity contribution in [3.8, 4) is 0 Å². The summed E-state index contributed by atoms with van der Waals surface area (Å²) in [7, 11) is 0. The molecule has 1 aromatic carbocycles. The van der Waals surface area contributed by atoms with Gasteiger partial charge in [0, 0.05) is 18.8 Å². The molecule has 0 bridgehead atoms. The van der Waals surface area contributed by atoms with Gasteiger partial charge >= 0.3 is 5.69 Å². The number of nitrogens with one attached hydrogen (secondary N) is 1. The molecule has 0 spiro atoms. The Morgan fingerprint density at radius 2 is 1.96 bits per heavy atom. The minimum atomic E-state index is -0.421. The SMILES string of the molecule is CCCCNc1ncnc(N(CC)c2ccccc2)c1[N+](=O)[O-]. The van der Waals surface area contributed by atoms with Gasteiger partial charge in [0.25, 0.3) is 0 Å². The molecule has 1 heterocycles. The summed E-state index contributed by atoms with van der Waals surface area (Å²) in [5.74, 6) is 0.570. The van der Waals surface area contributed by atoms with E-state index in [-0.39, 0.29) is 11.5 Å². The first-order chi connectivity index (χ1) is 11.2. The molecule has 2 rings (SSSR count). The van der Waals surface area contributed by atoms with E-state index < -0.39 is 4.92 Å². The molecule has 0 fully saturated rings. The van der Waals surface area contributed by atoms with Crippen molar-refractivity contribution in [2.45, 2.75) is 26.7 Å². The highest BCUT2D eigenvalue weighted by Gasteiger charge is 2.27. The van der Waals surface area contributed by atoms with E-state index in [1.54, 1.807) is 0 Å². The fraction of sp³-hybridized carbons (Fsp3) is 0.375. The number of benzene rings is 1. The Hall–Kier alpha value is -2.70. The minimum Gasteiger partial charge on any atom is -0.364 e. The topological polar surface area (TPSA) is 84.2 Å². The standard InChI is InChI=1S/C16H21N5O2/c1-3-5-11-17-15-14(21(22)23)16(19-12-18-15)20(4-2)13-9-7-6-8-10-13/h6-10,12H,3-5,11H2,1-2H3,(H,17,18,19). The summed E-state index contributed by atoms with van der Waals surface area (Å²) >= 11 is 0. The van der Waals surface area contributed by atoms with Crippen LogP contribution in [-0.2, 0) is 0 Å². The second-order valence-corrected chi connectivity index (χ2v) is 5.01. The van der Waals surface area contributed by atoms with Crippen molar-refractivity contribution in [3.05, 3.63) is 46.8 Å². The van der Waals surface area contributed by atoms with E-state index in [1.165, 1.54) is 6.33 Å². The number of hydrogen-bond acceptors (Lipinski definition) is 6. The summed E-state index contributed by atoms with van der Waals surface area (Å²) in [5, 5.41) is 14.6. The number of aromatic nitrogens is 2. The van der Waals surface area contributed by atoms with Crippen LogP contribution in [0.4, 0.5) is 23.0 Å². The molecule has 0 aliphatic rings. The van der Waals surface area contributed by atoms with Crippen LogP contribution in [0.1, 0.15) is 26.7 Å². The van der Waals surface area contributed by atoms with Gasteiger partial charge in [-0.1, -0.05) is 31.5 Å². The van der Waals surface area contributed by atoms with Gasteiger partial charge in [-0.3, -0.25) is 10.1 Å². The highest BCUT2D eigenvalue weighted by Crippen LogP contribution is 2.35. The molecule has 0 radical (unpaired) electrons. The van der Waals surface area contributed by atoms with Crippen molar-refractivity contribution in [3.63, 3.8) is 0 Å². The van der Waals surface area contributed by atoms with Crippen LogP contribution in [0.15, 0.2) is 36.7 Å². The van der Waals surface area contributed by atoms with Crippen LogP contribution in [-0.4, -0.2) is 28.0 Å². The Labute approximate surface area is 135 Å². The maximum atomic E-state index is 11.6. The third kappa shape index (κ3) is 3.94. The molecule has 1 N–H and O–H groups in total. The average Bonchev–Trinajstić information content (AvgIpc) is 2.57. The van der Waals surface area contributed by atoms with Crippen LogP contribution in [0.3, 0.4) is 0 Å². The lowest BCUT2D eigenvalue weighted by Crippen LogP contribution is -2.20. The van der Waals surface area contributed by atoms with Gasteiger partial charge in [0.2, 0.25) is 11.6 Å². The fourth-order valence-electron chi connectivity index (χ4n) is 2.31. The first kappa shape index (κ1) is 16.7. The molecule has 0 saturated carbocycles. The van der Waals surface area contributed by atoms with E-state index in [0.29, 0.717) is 18.9 Å². The Bertz CT molecular complexity index is 648. The van der Waals surface area contributed by atoms with Gasteiger partial charge in [0.05, 0.1) is 4.92 Å². The van der Waals surface area contributed by atoms with E-state index >= 15 is 0 Å². The summed E-state index contributed by atoms with van der Waals surface area (Å²) in [6.45, 7) is 5.21. The second-order valence-electron chi connectivity index (χ2n) is 5.01. The van der Waals surface area contributed by atoms with E-state index in [1.807, 2.05) is 42.2 Å². The summed E-state index contributed by atoms with van der Waals surface area (Å²) in [6.07, 6.45) is 3.29. The van der Waals surface area contributed by atoms with Gasteiger partial charge < -0.3 is 10.2 Å². The van der Waals surface area contributed by atoms with Crippen molar-refractivity contribution in [1.82, 2.24) is 9.97 Å². The molecule has 2 aromatic rings. The maximum Gasteiger partial charge on any atom is 0.353 e. The van der Waals surface area contributed by atoms with Crippen molar-refractivity contribution in [1.29, 1.82) is 0 Å². The molecule has 0 saturated heterocycles. The molecule has 122 valence electrons. The van der Waals surface area contributed by atoms with Crippen LogP contribution in [0.25, 0.3) is 0 Å². The normalized spacial score (nSPS) is 10.3. The van der Waals surface area contributed by atoms with Crippen molar-refractivity contribution >= 4 is 23.0 Å². The quantitative estimate of drug-likeness (QED) is 0.453. The number of para-hydroxylation sites is 1. The molecular formula is C16H21N5O2. The van der Waals surface area contributed by atoms with E-state index in [2.05, 4.69) is 22.2 Å². The first-order valence-corrected chi connectivity index (χ1v) is 7.74. The molecule has 0 atom stereocenters. The van der Waals surface area contributed by atoms with Crippen LogP contribution >= 0.6 is 0 Å². The summed E-state index contributed by atoms with van der Waals surface area (Å²) in [6, 6.07) is 9.50. The zero-order valence-corrected chi connectivity index (χ0v) is 13.4. The molecule has 0 aliphatic heterocycles. The van der Waals surface area contributed by atoms with Crippen molar-refractivity contribution in [2.24, 2.45) is 0 Å². The van der Waals surface area contributed by atoms with Gasteiger partial charge in [0.15, 0.2) is 0 Å². The zero-order valence-electron chi connectivity index (χ0n) is 13.4. The lowest BCUT2D eigenvalue weighted by Gasteiger charge is -2.22.